The Morgan fingerprint density at radius 2 is 2.00 bits per heavy atom. The van der Waals surface area contributed by atoms with E-state index in [2.05, 4.69) is 18.7 Å². The third-order valence-corrected chi connectivity index (χ3v) is 5.67. The molecule has 2 heterocycles. The summed E-state index contributed by atoms with van der Waals surface area (Å²) in [5, 5.41) is 0. The second-order valence-electron chi connectivity index (χ2n) is 8.03. The molecule has 0 N–H and O–H groups in total. The zero-order chi connectivity index (χ0) is 18.0. The number of carbonyl (C=O) groups excluding carboxylic acids is 1. The van der Waals surface area contributed by atoms with Crippen molar-refractivity contribution in [3.63, 3.8) is 0 Å². The maximum atomic E-state index is 14.0. The summed E-state index contributed by atoms with van der Waals surface area (Å²) in [5.74, 6) is -0.905. The van der Waals surface area contributed by atoms with Crippen molar-refractivity contribution in [2.24, 2.45) is 11.3 Å². The zero-order valence-corrected chi connectivity index (χ0v) is 15.2. The SMILES string of the molecule is CC(C)CCN1CC[C@@]2(CCCN(Cc3cccc(F)c3F)C2=O)C1. The highest BCUT2D eigenvalue weighted by Gasteiger charge is 2.48. The van der Waals surface area contributed by atoms with Crippen LogP contribution in [-0.4, -0.2) is 41.9 Å². The Labute approximate surface area is 149 Å². The van der Waals surface area contributed by atoms with Crippen molar-refractivity contribution in [2.45, 2.75) is 46.1 Å². The van der Waals surface area contributed by atoms with Gasteiger partial charge in [-0.1, -0.05) is 26.0 Å². The van der Waals surface area contributed by atoms with Crippen molar-refractivity contribution >= 4 is 5.91 Å². The van der Waals surface area contributed by atoms with Gasteiger partial charge in [0.2, 0.25) is 5.91 Å². The molecule has 1 spiro atoms. The van der Waals surface area contributed by atoms with E-state index in [-0.39, 0.29) is 23.4 Å². The summed E-state index contributed by atoms with van der Waals surface area (Å²) >= 11 is 0. The van der Waals surface area contributed by atoms with E-state index >= 15 is 0 Å². The van der Waals surface area contributed by atoms with E-state index < -0.39 is 11.6 Å². The number of piperidine rings is 1. The van der Waals surface area contributed by atoms with E-state index in [1.54, 1.807) is 11.0 Å². The maximum Gasteiger partial charge on any atom is 0.230 e. The van der Waals surface area contributed by atoms with Gasteiger partial charge in [-0.3, -0.25) is 4.79 Å². The Balaban J connectivity index is 1.68. The molecule has 0 aliphatic carbocycles. The maximum absolute atomic E-state index is 14.0. The summed E-state index contributed by atoms with van der Waals surface area (Å²) < 4.78 is 27.4. The highest BCUT2D eigenvalue weighted by atomic mass is 19.2. The van der Waals surface area contributed by atoms with Crippen molar-refractivity contribution in [2.75, 3.05) is 26.2 Å². The second-order valence-corrected chi connectivity index (χ2v) is 8.03. The number of rotatable bonds is 5. The van der Waals surface area contributed by atoms with Gasteiger partial charge in [-0.25, -0.2) is 8.78 Å². The molecule has 2 aliphatic rings. The van der Waals surface area contributed by atoms with Crippen LogP contribution in [0.3, 0.4) is 0 Å². The Bertz CT molecular complexity index is 634. The summed E-state index contributed by atoms with van der Waals surface area (Å²) in [4.78, 5) is 17.2. The number of benzene rings is 1. The van der Waals surface area contributed by atoms with Gasteiger partial charge >= 0.3 is 0 Å². The van der Waals surface area contributed by atoms with E-state index in [9.17, 15) is 13.6 Å². The summed E-state index contributed by atoms with van der Waals surface area (Å²) in [6, 6.07) is 4.18. The van der Waals surface area contributed by atoms with Crippen molar-refractivity contribution in [1.29, 1.82) is 0 Å². The number of nitrogens with zero attached hydrogens (tertiary/aromatic N) is 2. The van der Waals surface area contributed by atoms with Gasteiger partial charge < -0.3 is 9.80 Å². The minimum Gasteiger partial charge on any atom is -0.338 e. The van der Waals surface area contributed by atoms with Crippen LogP contribution in [0.15, 0.2) is 18.2 Å². The minimum absolute atomic E-state index is 0.120. The number of halogens is 2. The molecule has 0 unspecified atom stereocenters. The number of hydrogen-bond donors (Lipinski definition) is 0. The van der Waals surface area contributed by atoms with Crippen LogP contribution in [0.25, 0.3) is 0 Å². The fourth-order valence-electron chi connectivity index (χ4n) is 4.15. The standard InChI is InChI=1S/C20H28F2N2O/c1-15(2)7-11-23-12-9-20(14-23)8-4-10-24(19(20)25)13-16-5-3-6-17(21)18(16)22/h3,5-6,15H,4,7-14H2,1-2H3/t20-/m0/s1. The minimum atomic E-state index is -0.850. The molecule has 1 aromatic carbocycles. The fraction of sp³-hybridized carbons (Fsp3) is 0.650. The lowest BCUT2D eigenvalue weighted by Gasteiger charge is -2.39. The van der Waals surface area contributed by atoms with Crippen LogP contribution in [-0.2, 0) is 11.3 Å². The molecule has 0 aromatic heterocycles. The van der Waals surface area contributed by atoms with Gasteiger partial charge in [0.1, 0.15) is 0 Å². The normalized spacial score (nSPS) is 24.7. The van der Waals surface area contributed by atoms with Crippen LogP contribution in [0.1, 0.15) is 45.1 Å². The summed E-state index contributed by atoms with van der Waals surface area (Å²) in [5.41, 5.74) is -0.0565. The van der Waals surface area contributed by atoms with Gasteiger partial charge in [0.15, 0.2) is 11.6 Å². The molecule has 5 heteroatoms. The Hall–Kier alpha value is -1.49. The van der Waals surface area contributed by atoms with Crippen LogP contribution < -0.4 is 0 Å². The van der Waals surface area contributed by atoms with Crippen molar-refractivity contribution in [1.82, 2.24) is 9.80 Å². The summed E-state index contributed by atoms with van der Waals surface area (Å²) in [6.45, 7) is 8.02. The third-order valence-electron chi connectivity index (χ3n) is 5.67. The molecule has 3 nitrogen and oxygen atoms in total. The highest BCUT2D eigenvalue weighted by Crippen LogP contribution is 2.40. The average Bonchev–Trinajstić information content (AvgIpc) is 2.98. The molecule has 2 saturated heterocycles. The highest BCUT2D eigenvalue weighted by molar-refractivity contribution is 5.84. The molecule has 0 saturated carbocycles. The number of likely N-dealkylation sites (tertiary alicyclic amines) is 2. The predicted octanol–water partition coefficient (Wildman–Crippen LogP) is 3.83. The monoisotopic (exact) mass is 350 g/mol. The quantitative estimate of drug-likeness (QED) is 0.806. The molecular formula is C20H28F2N2O. The first-order valence-corrected chi connectivity index (χ1v) is 9.36. The molecule has 3 rings (SSSR count). The van der Waals surface area contributed by atoms with E-state index in [4.69, 9.17) is 0 Å². The lowest BCUT2D eigenvalue weighted by atomic mass is 9.78. The van der Waals surface area contributed by atoms with Gasteiger partial charge in [0, 0.05) is 25.2 Å². The lowest BCUT2D eigenvalue weighted by molar-refractivity contribution is -0.146. The molecule has 0 bridgehead atoms. The van der Waals surface area contributed by atoms with Crippen molar-refractivity contribution in [3.05, 3.63) is 35.4 Å². The van der Waals surface area contributed by atoms with Crippen molar-refractivity contribution in [3.8, 4) is 0 Å². The summed E-state index contributed by atoms with van der Waals surface area (Å²) in [7, 11) is 0. The van der Waals surface area contributed by atoms with Gasteiger partial charge in [-0.15, -0.1) is 0 Å². The largest absolute Gasteiger partial charge is 0.338 e. The number of amides is 1. The Morgan fingerprint density at radius 1 is 1.20 bits per heavy atom. The van der Waals surface area contributed by atoms with E-state index in [0.717, 1.165) is 51.4 Å². The molecule has 2 aliphatic heterocycles. The third kappa shape index (κ3) is 3.86. The topological polar surface area (TPSA) is 23.6 Å². The van der Waals surface area contributed by atoms with E-state index in [1.165, 1.54) is 6.07 Å². The number of carbonyl (C=O) groups is 1. The number of hydrogen-bond acceptors (Lipinski definition) is 2. The van der Waals surface area contributed by atoms with E-state index in [1.807, 2.05) is 0 Å². The average molecular weight is 350 g/mol. The molecule has 25 heavy (non-hydrogen) atoms. The molecule has 1 atom stereocenters. The van der Waals surface area contributed by atoms with Crippen molar-refractivity contribution < 1.29 is 13.6 Å². The van der Waals surface area contributed by atoms with E-state index in [0.29, 0.717) is 12.5 Å². The second kappa shape index (κ2) is 7.40. The first kappa shape index (κ1) is 18.3. The predicted molar refractivity (Wildman–Crippen MR) is 94.0 cm³/mol. The van der Waals surface area contributed by atoms with Gasteiger partial charge in [0.05, 0.1) is 5.41 Å². The Morgan fingerprint density at radius 3 is 2.76 bits per heavy atom. The molecule has 2 fully saturated rings. The van der Waals surface area contributed by atoms with Gasteiger partial charge in [-0.05, 0) is 50.8 Å². The lowest BCUT2D eigenvalue weighted by Crippen LogP contribution is -2.49. The smallest absolute Gasteiger partial charge is 0.230 e. The molecular weight excluding hydrogens is 322 g/mol. The Kier molecular flexibility index (Phi) is 5.42. The first-order valence-electron chi connectivity index (χ1n) is 9.36. The van der Waals surface area contributed by atoms with Crippen LogP contribution in [0.2, 0.25) is 0 Å². The van der Waals surface area contributed by atoms with Gasteiger partial charge in [0.25, 0.3) is 0 Å². The molecule has 138 valence electrons. The van der Waals surface area contributed by atoms with Crippen LogP contribution in [0, 0.1) is 23.0 Å². The molecule has 0 radical (unpaired) electrons. The van der Waals surface area contributed by atoms with Crippen LogP contribution in [0.5, 0.6) is 0 Å². The molecule has 1 amide bonds. The van der Waals surface area contributed by atoms with Gasteiger partial charge in [-0.2, -0.15) is 0 Å². The molecule has 1 aromatic rings. The fourth-order valence-corrected chi connectivity index (χ4v) is 4.15. The van der Waals surface area contributed by atoms with Crippen LogP contribution in [0.4, 0.5) is 8.78 Å². The zero-order valence-electron chi connectivity index (χ0n) is 15.2. The van der Waals surface area contributed by atoms with Crippen LogP contribution >= 0.6 is 0 Å². The summed E-state index contributed by atoms with van der Waals surface area (Å²) in [6.07, 6.45) is 3.86. The first-order chi connectivity index (χ1) is 11.9.